The molecule has 0 radical (unpaired) electrons. The van der Waals surface area contributed by atoms with Crippen molar-refractivity contribution in [1.82, 2.24) is 24.9 Å². The summed E-state index contributed by atoms with van der Waals surface area (Å²) >= 11 is 0. The molecule has 2 aliphatic rings. The Balaban J connectivity index is 0.00000385. The molecule has 2 fully saturated rings. The van der Waals surface area contributed by atoms with Crippen molar-refractivity contribution in [3.05, 3.63) is 18.5 Å². The summed E-state index contributed by atoms with van der Waals surface area (Å²) < 4.78 is 7.69. The van der Waals surface area contributed by atoms with Gasteiger partial charge in [-0.15, -0.1) is 24.0 Å². The summed E-state index contributed by atoms with van der Waals surface area (Å²) in [4.78, 5) is 22.2. The number of aliphatic imine (C=N–C) groups is 1. The number of likely N-dealkylation sites (tertiary alicyclic amines) is 1. The van der Waals surface area contributed by atoms with Gasteiger partial charge in [0.2, 0.25) is 0 Å². The third kappa shape index (κ3) is 9.33. The summed E-state index contributed by atoms with van der Waals surface area (Å²) in [6.45, 7) is 15.2. The molecule has 1 aromatic rings. The molecule has 1 atom stereocenters. The smallest absolute Gasteiger partial charge is 0.410 e. The zero-order valence-electron chi connectivity index (χ0n) is 21.0. The molecule has 188 valence electrons. The van der Waals surface area contributed by atoms with Crippen molar-refractivity contribution < 1.29 is 9.53 Å². The summed E-state index contributed by atoms with van der Waals surface area (Å²) in [5.41, 5.74) is -0.461. The molecule has 2 heterocycles. The lowest BCUT2D eigenvalue weighted by molar-refractivity contribution is 0.00928. The second-order valence-electron chi connectivity index (χ2n) is 10.3. The minimum absolute atomic E-state index is 0. The van der Waals surface area contributed by atoms with Crippen molar-refractivity contribution in [2.24, 2.45) is 16.8 Å². The van der Waals surface area contributed by atoms with E-state index >= 15 is 0 Å². The van der Waals surface area contributed by atoms with Gasteiger partial charge < -0.3 is 19.9 Å². The predicted molar refractivity (Wildman–Crippen MR) is 143 cm³/mol. The zero-order chi connectivity index (χ0) is 23.1. The highest BCUT2D eigenvalue weighted by Gasteiger charge is 2.35. The Morgan fingerprint density at radius 3 is 2.52 bits per heavy atom. The van der Waals surface area contributed by atoms with E-state index in [1.54, 1.807) is 0 Å². The fourth-order valence-electron chi connectivity index (χ4n) is 4.11. The number of carbonyl (C=O) groups excluding carboxylic acids is 1. The first kappa shape index (κ1) is 27.7. The summed E-state index contributed by atoms with van der Waals surface area (Å²) in [5.74, 6) is 2.03. The number of nitrogens with zero attached hydrogens (tertiary/aromatic N) is 5. The summed E-state index contributed by atoms with van der Waals surface area (Å²) in [7, 11) is 0. The van der Waals surface area contributed by atoms with Crippen LogP contribution < -0.4 is 5.32 Å². The molecule has 9 heteroatoms. The van der Waals surface area contributed by atoms with Gasteiger partial charge in [-0.3, -0.25) is 9.67 Å². The largest absolute Gasteiger partial charge is 0.444 e. The van der Waals surface area contributed by atoms with Crippen LogP contribution in [0.15, 0.2) is 23.5 Å². The number of ether oxygens (including phenoxy) is 1. The standard InChI is InChI=1S/C24H42N6O2.HI/c1-6-25-22(26-16-19(2)17-29-13-7-12-27-29)28-14-10-21(11-15-28)30(18-20-8-9-20)23(31)32-24(3,4)5;/h7,12-13,19-21H,6,8-11,14-18H2,1-5H3,(H,25,26);1H. The number of rotatable bonds is 8. The number of piperidine rings is 1. The monoisotopic (exact) mass is 574 g/mol. The Hall–Kier alpha value is -1.52. The van der Waals surface area contributed by atoms with Crippen LogP contribution in [-0.4, -0.2) is 76.0 Å². The summed E-state index contributed by atoms with van der Waals surface area (Å²) in [6, 6.07) is 2.19. The Labute approximate surface area is 216 Å². The van der Waals surface area contributed by atoms with Gasteiger partial charge in [0.05, 0.1) is 0 Å². The molecular formula is C24H43IN6O2. The number of hydrogen-bond acceptors (Lipinski definition) is 4. The van der Waals surface area contributed by atoms with E-state index in [1.807, 2.05) is 48.8 Å². The van der Waals surface area contributed by atoms with Gasteiger partial charge in [0, 0.05) is 57.7 Å². The van der Waals surface area contributed by atoms with Crippen molar-refractivity contribution >= 4 is 36.0 Å². The van der Waals surface area contributed by atoms with Crippen LogP contribution in [0.2, 0.25) is 0 Å². The fraction of sp³-hybridized carbons (Fsp3) is 0.792. The van der Waals surface area contributed by atoms with Crippen molar-refractivity contribution in [3.8, 4) is 0 Å². The Morgan fingerprint density at radius 1 is 1.27 bits per heavy atom. The van der Waals surface area contributed by atoms with Gasteiger partial charge in [0.25, 0.3) is 0 Å². The van der Waals surface area contributed by atoms with E-state index in [1.165, 1.54) is 12.8 Å². The van der Waals surface area contributed by atoms with Gasteiger partial charge in [-0.2, -0.15) is 5.10 Å². The number of carbonyl (C=O) groups is 1. The molecule has 0 spiro atoms. The lowest BCUT2D eigenvalue weighted by Crippen LogP contribution is -2.52. The third-order valence-electron chi connectivity index (χ3n) is 5.93. The molecule has 1 N–H and O–H groups in total. The van der Waals surface area contributed by atoms with Crippen LogP contribution in [0.4, 0.5) is 4.79 Å². The first-order valence-corrected chi connectivity index (χ1v) is 12.3. The van der Waals surface area contributed by atoms with Crippen LogP contribution >= 0.6 is 24.0 Å². The van der Waals surface area contributed by atoms with E-state index in [9.17, 15) is 4.79 Å². The molecule has 1 aliphatic heterocycles. The Bertz CT molecular complexity index is 737. The molecule has 0 bridgehead atoms. The SMILES string of the molecule is CCNC(=NCC(C)Cn1cccn1)N1CCC(N(CC2CC2)C(=O)OC(C)(C)C)CC1.I. The van der Waals surface area contributed by atoms with Crippen LogP contribution in [-0.2, 0) is 11.3 Å². The van der Waals surface area contributed by atoms with E-state index in [2.05, 4.69) is 29.2 Å². The molecule has 1 amide bonds. The maximum Gasteiger partial charge on any atom is 0.410 e. The molecule has 1 saturated heterocycles. The maximum absolute atomic E-state index is 12.9. The first-order chi connectivity index (χ1) is 15.2. The van der Waals surface area contributed by atoms with Gasteiger partial charge >= 0.3 is 6.09 Å². The van der Waals surface area contributed by atoms with Crippen LogP contribution in [0.25, 0.3) is 0 Å². The molecule has 3 rings (SSSR count). The topological polar surface area (TPSA) is 75.0 Å². The summed E-state index contributed by atoms with van der Waals surface area (Å²) in [5, 5.41) is 7.75. The third-order valence-corrected chi connectivity index (χ3v) is 5.93. The highest BCUT2D eigenvalue weighted by atomic mass is 127. The van der Waals surface area contributed by atoms with Crippen molar-refractivity contribution in [1.29, 1.82) is 0 Å². The average molecular weight is 575 g/mol. The van der Waals surface area contributed by atoms with Crippen LogP contribution in [0.5, 0.6) is 0 Å². The Morgan fingerprint density at radius 2 is 1.97 bits per heavy atom. The van der Waals surface area contributed by atoms with E-state index in [0.717, 1.165) is 58.1 Å². The quantitative estimate of drug-likeness (QED) is 0.286. The van der Waals surface area contributed by atoms with Crippen molar-refractivity contribution in [2.45, 2.75) is 78.5 Å². The average Bonchev–Trinajstić information content (AvgIpc) is 3.42. The Kier molecular flexibility index (Phi) is 10.8. The van der Waals surface area contributed by atoms with Crippen LogP contribution in [0, 0.1) is 11.8 Å². The zero-order valence-corrected chi connectivity index (χ0v) is 23.3. The number of aromatic nitrogens is 2. The maximum atomic E-state index is 12.9. The molecule has 8 nitrogen and oxygen atoms in total. The molecule has 1 aliphatic carbocycles. The van der Waals surface area contributed by atoms with Gasteiger partial charge in [0.15, 0.2) is 5.96 Å². The van der Waals surface area contributed by atoms with E-state index in [-0.39, 0.29) is 36.1 Å². The van der Waals surface area contributed by atoms with Gasteiger partial charge in [-0.05, 0) is 71.3 Å². The van der Waals surface area contributed by atoms with Crippen molar-refractivity contribution in [2.75, 3.05) is 32.7 Å². The number of amides is 1. The number of guanidine groups is 1. The predicted octanol–water partition coefficient (Wildman–Crippen LogP) is 4.21. The molecule has 0 aromatic carbocycles. The van der Waals surface area contributed by atoms with E-state index in [4.69, 9.17) is 9.73 Å². The number of nitrogens with one attached hydrogen (secondary N) is 1. The molecule has 33 heavy (non-hydrogen) atoms. The molecule has 1 unspecified atom stereocenters. The highest BCUT2D eigenvalue weighted by molar-refractivity contribution is 14.0. The number of hydrogen-bond donors (Lipinski definition) is 1. The molecule has 1 saturated carbocycles. The number of halogens is 1. The van der Waals surface area contributed by atoms with Crippen molar-refractivity contribution in [3.63, 3.8) is 0 Å². The second kappa shape index (κ2) is 12.8. The minimum Gasteiger partial charge on any atom is -0.444 e. The first-order valence-electron chi connectivity index (χ1n) is 12.3. The van der Waals surface area contributed by atoms with E-state index < -0.39 is 5.60 Å². The second-order valence-corrected chi connectivity index (χ2v) is 10.3. The van der Waals surface area contributed by atoms with Gasteiger partial charge in [-0.25, -0.2) is 4.79 Å². The summed E-state index contributed by atoms with van der Waals surface area (Å²) in [6.07, 6.45) is 8.00. The van der Waals surface area contributed by atoms with Gasteiger partial charge in [0.1, 0.15) is 5.60 Å². The molecule has 1 aromatic heterocycles. The van der Waals surface area contributed by atoms with E-state index in [0.29, 0.717) is 11.8 Å². The van der Waals surface area contributed by atoms with Gasteiger partial charge in [-0.1, -0.05) is 6.92 Å². The minimum atomic E-state index is -0.461. The van der Waals surface area contributed by atoms with Crippen LogP contribution in [0.1, 0.15) is 60.3 Å². The lowest BCUT2D eigenvalue weighted by Gasteiger charge is -2.40. The van der Waals surface area contributed by atoms with Crippen LogP contribution in [0.3, 0.4) is 0 Å². The lowest BCUT2D eigenvalue weighted by atomic mass is 10.0. The normalized spacial score (nSPS) is 18.5. The molecular weight excluding hydrogens is 531 g/mol. The fourth-order valence-corrected chi connectivity index (χ4v) is 4.11. The highest BCUT2D eigenvalue weighted by Crippen LogP contribution is 2.32.